The normalized spacial score (nSPS) is 13.0. The number of likely N-dealkylation sites (N-methyl/N-ethyl adjacent to an activating group) is 1. The number of hydrogen-bond donors (Lipinski definition) is 3. The second kappa shape index (κ2) is 19.3. The molecule has 3 aromatic rings. The molecule has 1 heterocycles. The summed E-state index contributed by atoms with van der Waals surface area (Å²) in [5.41, 5.74) is 7.73. The lowest BCUT2D eigenvalue weighted by Crippen LogP contribution is -2.47. The number of unbranched alkanes of at least 4 members (excludes halogenated alkanes) is 2. The summed E-state index contributed by atoms with van der Waals surface area (Å²) in [5, 5.41) is 12.0. The summed E-state index contributed by atoms with van der Waals surface area (Å²) < 4.78 is 17.4. The molecule has 0 bridgehead atoms. The highest BCUT2D eigenvalue weighted by Crippen LogP contribution is 2.33. The van der Waals surface area contributed by atoms with Crippen molar-refractivity contribution in [2.45, 2.75) is 39.0 Å². The quantitative estimate of drug-likeness (QED) is 0.162. The van der Waals surface area contributed by atoms with Gasteiger partial charge in [-0.25, -0.2) is 4.79 Å². The van der Waals surface area contributed by atoms with Crippen molar-refractivity contribution in [1.82, 2.24) is 9.80 Å². The molecule has 0 radical (unpaired) electrons. The Morgan fingerprint density at radius 3 is 2.31 bits per heavy atom. The van der Waals surface area contributed by atoms with Crippen LogP contribution < -0.4 is 30.2 Å². The molecule has 1 aliphatic heterocycles. The number of hydrogen-bond acceptors (Lipinski definition) is 9. The summed E-state index contributed by atoms with van der Waals surface area (Å²) in [6.45, 7) is 5.82. The summed E-state index contributed by atoms with van der Waals surface area (Å²) in [7, 11) is 3.69. The van der Waals surface area contributed by atoms with Crippen molar-refractivity contribution in [3.63, 3.8) is 0 Å². The molecule has 0 atom stereocenters. The molecule has 3 amide bonds. The third-order valence-corrected chi connectivity index (χ3v) is 8.50. The first-order valence-corrected chi connectivity index (χ1v) is 17.3. The average molecular weight is 704 g/mol. The number of carboxylic acids is 1. The number of nitrogens with one attached hydrogen (secondary N) is 1. The van der Waals surface area contributed by atoms with E-state index in [1.165, 1.54) is 23.1 Å². The van der Waals surface area contributed by atoms with Crippen LogP contribution in [0.2, 0.25) is 0 Å². The summed E-state index contributed by atoms with van der Waals surface area (Å²) in [6, 6.07) is 16.7. The minimum Gasteiger partial charge on any atom is -0.493 e. The third-order valence-electron chi connectivity index (χ3n) is 8.50. The zero-order valence-electron chi connectivity index (χ0n) is 29.7. The number of aliphatic carboxylic acids is 1. The maximum Gasteiger partial charge on any atom is 0.341 e. The summed E-state index contributed by atoms with van der Waals surface area (Å²) >= 11 is 0. The number of aryl methyl sites for hydroxylation is 1. The number of carboxylic acid groups (broad SMARTS) is 1. The number of ether oxygens (including phenoxy) is 3. The van der Waals surface area contributed by atoms with Gasteiger partial charge in [-0.15, -0.1) is 0 Å². The van der Waals surface area contributed by atoms with E-state index in [4.69, 9.17) is 19.9 Å². The lowest BCUT2D eigenvalue weighted by molar-refractivity contribution is -0.139. The van der Waals surface area contributed by atoms with Gasteiger partial charge in [-0.2, -0.15) is 0 Å². The molecule has 51 heavy (non-hydrogen) atoms. The predicted octanol–water partition coefficient (Wildman–Crippen LogP) is 4.43. The van der Waals surface area contributed by atoms with Crippen LogP contribution in [0.4, 0.5) is 11.4 Å². The Kier molecular flexibility index (Phi) is 14.6. The molecule has 3 aromatic carbocycles. The SMILES string of the molecule is Cc1ccc(N(C)C(=O)c2ccc(NC(=O)c3ccccc3OCCCN)c(OCC(=O)O)c2)c(OCCCCCC(=O)N2CCN(C)CC2)c1. The van der Waals surface area contributed by atoms with E-state index in [2.05, 4.69) is 17.3 Å². The Hall–Kier alpha value is -5.14. The molecule has 0 spiro atoms. The minimum absolute atomic E-state index is 0.0121. The second-order valence-corrected chi connectivity index (χ2v) is 12.5. The van der Waals surface area contributed by atoms with Crippen molar-refractivity contribution in [3.05, 3.63) is 77.4 Å². The maximum absolute atomic E-state index is 13.8. The van der Waals surface area contributed by atoms with Gasteiger partial charge in [-0.3, -0.25) is 14.4 Å². The summed E-state index contributed by atoms with van der Waals surface area (Å²) in [4.78, 5) is 56.6. The zero-order chi connectivity index (χ0) is 36.8. The lowest BCUT2D eigenvalue weighted by Gasteiger charge is -2.32. The molecule has 4 rings (SSSR count). The highest BCUT2D eigenvalue weighted by atomic mass is 16.5. The number of piperazine rings is 1. The van der Waals surface area contributed by atoms with Crippen LogP contribution in [0.3, 0.4) is 0 Å². The smallest absolute Gasteiger partial charge is 0.341 e. The van der Waals surface area contributed by atoms with Crippen LogP contribution in [0.1, 0.15) is 58.4 Å². The van der Waals surface area contributed by atoms with Crippen molar-refractivity contribution >= 4 is 35.1 Å². The van der Waals surface area contributed by atoms with Gasteiger partial charge in [0.05, 0.1) is 30.2 Å². The number of carbonyl (C=O) groups is 4. The number of para-hydroxylation sites is 1. The molecule has 0 unspecified atom stereocenters. The number of anilines is 2. The highest BCUT2D eigenvalue weighted by Gasteiger charge is 2.22. The summed E-state index contributed by atoms with van der Waals surface area (Å²) in [6.07, 6.45) is 3.51. The van der Waals surface area contributed by atoms with Gasteiger partial charge in [-0.1, -0.05) is 18.2 Å². The van der Waals surface area contributed by atoms with Crippen LogP contribution in [-0.2, 0) is 9.59 Å². The molecule has 1 saturated heterocycles. The highest BCUT2D eigenvalue weighted by molar-refractivity contribution is 6.09. The van der Waals surface area contributed by atoms with Gasteiger partial charge >= 0.3 is 5.97 Å². The Labute approximate surface area is 299 Å². The predicted molar refractivity (Wildman–Crippen MR) is 195 cm³/mol. The lowest BCUT2D eigenvalue weighted by atomic mass is 10.1. The van der Waals surface area contributed by atoms with Crippen LogP contribution in [-0.4, -0.2) is 105 Å². The van der Waals surface area contributed by atoms with Gasteiger partial charge in [0.2, 0.25) is 5.91 Å². The van der Waals surface area contributed by atoms with Gasteiger partial charge < -0.3 is 45.1 Å². The van der Waals surface area contributed by atoms with E-state index in [0.29, 0.717) is 49.8 Å². The first kappa shape index (κ1) is 38.7. The molecule has 274 valence electrons. The third kappa shape index (κ3) is 11.4. The zero-order valence-corrected chi connectivity index (χ0v) is 29.7. The van der Waals surface area contributed by atoms with Crippen molar-refractivity contribution in [3.8, 4) is 17.2 Å². The number of benzene rings is 3. The Morgan fingerprint density at radius 2 is 1.57 bits per heavy atom. The fourth-order valence-corrected chi connectivity index (χ4v) is 5.52. The average Bonchev–Trinajstić information content (AvgIpc) is 3.12. The van der Waals surface area contributed by atoms with Gasteiger partial charge in [0, 0.05) is 45.2 Å². The van der Waals surface area contributed by atoms with E-state index in [1.807, 2.05) is 24.0 Å². The van der Waals surface area contributed by atoms with Crippen molar-refractivity contribution in [2.24, 2.45) is 5.73 Å². The number of nitrogens with zero attached hydrogens (tertiary/aromatic N) is 3. The molecular weight excluding hydrogens is 654 g/mol. The molecule has 0 saturated carbocycles. The second-order valence-electron chi connectivity index (χ2n) is 12.5. The fraction of sp³-hybridized carbons (Fsp3) is 0.421. The Morgan fingerprint density at radius 1 is 0.843 bits per heavy atom. The van der Waals surface area contributed by atoms with Gasteiger partial charge in [0.1, 0.15) is 17.2 Å². The van der Waals surface area contributed by atoms with Crippen LogP contribution in [0, 0.1) is 6.92 Å². The van der Waals surface area contributed by atoms with Gasteiger partial charge in [0.15, 0.2) is 6.61 Å². The molecule has 13 heteroatoms. The number of amides is 3. The van der Waals surface area contributed by atoms with Crippen LogP contribution in [0.15, 0.2) is 60.7 Å². The number of rotatable bonds is 18. The summed E-state index contributed by atoms with van der Waals surface area (Å²) in [5.74, 6) is -0.997. The first-order chi connectivity index (χ1) is 24.6. The molecule has 1 fully saturated rings. The molecule has 0 aromatic heterocycles. The number of carbonyl (C=O) groups excluding carboxylic acids is 3. The fourth-order valence-electron chi connectivity index (χ4n) is 5.52. The minimum atomic E-state index is -1.22. The molecular formula is C38H49N5O8. The van der Waals surface area contributed by atoms with E-state index in [0.717, 1.165) is 51.0 Å². The molecule has 0 aliphatic carbocycles. The van der Waals surface area contributed by atoms with E-state index in [1.54, 1.807) is 37.4 Å². The first-order valence-electron chi connectivity index (χ1n) is 17.3. The Balaban J connectivity index is 1.41. The van der Waals surface area contributed by atoms with Gasteiger partial charge in [-0.05, 0) is 94.2 Å². The topological polar surface area (TPSA) is 164 Å². The van der Waals surface area contributed by atoms with Crippen LogP contribution in [0.25, 0.3) is 0 Å². The monoisotopic (exact) mass is 703 g/mol. The van der Waals surface area contributed by atoms with Crippen LogP contribution >= 0.6 is 0 Å². The van der Waals surface area contributed by atoms with E-state index >= 15 is 0 Å². The molecule has 1 aliphatic rings. The number of nitrogens with two attached hydrogens (primary N) is 1. The largest absolute Gasteiger partial charge is 0.493 e. The van der Waals surface area contributed by atoms with Crippen molar-refractivity contribution in [2.75, 3.05) is 76.9 Å². The maximum atomic E-state index is 13.8. The van der Waals surface area contributed by atoms with Crippen molar-refractivity contribution in [1.29, 1.82) is 0 Å². The van der Waals surface area contributed by atoms with E-state index < -0.39 is 24.4 Å². The molecule has 4 N–H and O–H groups in total. The standard InChI is InChI=1S/C38H49N5O8/c1-27-13-16-31(34(24-27)50-22-8-4-5-12-35(44)43-20-18-41(2)19-21-43)42(3)38(48)28-14-15-30(33(25-28)51-26-36(45)46)40-37(47)29-10-6-7-11-32(29)49-23-9-17-39/h6-7,10-11,13-16,24-25H,4-5,8-9,12,17-23,26,39H2,1-3H3,(H,40,47)(H,45,46). The van der Waals surface area contributed by atoms with Gasteiger partial charge in [0.25, 0.3) is 11.8 Å². The van der Waals surface area contributed by atoms with E-state index in [-0.39, 0.29) is 28.5 Å². The van der Waals surface area contributed by atoms with E-state index in [9.17, 15) is 24.3 Å². The Bertz CT molecular complexity index is 1660. The van der Waals surface area contributed by atoms with Crippen molar-refractivity contribution < 1.29 is 38.5 Å². The van der Waals surface area contributed by atoms with Crippen LogP contribution in [0.5, 0.6) is 17.2 Å². The molecule has 13 nitrogen and oxygen atoms in total.